The summed E-state index contributed by atoms with van der Waals surface area (Å²) in [6.07, 6.45) is 6.70. The first-order valence-electron chi connectivity index (χ1n) is 9.16. The number of fused-ring (bicyclic) bond motifs is 1. The molecule has 1 aliphatic rings. The maximum absolute atomic E-state index is 5.71. The zero-order chi connectivity index (χ0) is 16.2. The Labute approximate surface area is 140 Å². The van der Waals surface area contributed by atoms with E-state index in [0.717, 1.165) is 5.76 Å². The molecule has 1 heterocycles. The summed E-state index contributed by atoms with van der Waals surface area (Å²) in [4.78, 5) is 2.71. The molecule has 124 valence electrons. The van der Waals surface area contributed by atoms with Gasteiger partial charge in [-0.25, -0.2) is 0 Å². The van der Waals surface area contributed by atoms with Crippen LogP contribution in [0.5, 0.6) is 0 Å². The predicted molar refractivity (Wildman–Crippen MR) is 96.8 cm³/mol. The molecule has 23 heavy (non-hydrogen) atoms. The number of hydrogen-bond donors (Lipinski definition) is 0. The quantitative estimate of drug-likeness (QED) is 0.701. The van der Waals surface area contributed by atoms with E-state index in [1.54, 1.807) is 6.26 Å². The lowest BCUT2D eigenvalue weighted by molar-refractivity contribution is 0.159. The van der Waals surface area contributed by atoms with Crippen molar-refractivity contribution < 1.29 is 4.42 Å². The van der Waals surface area contributed by atoms with Gasteiger partial charge in [0, 0.05) is 11.6 Å². The topological polar surface area (TPSA) is 16.4 Å². The zero-order valence-corrected chi connectivity index (χ0v) is 14.7. The van der Waals surface area contributed by atoms with E-state index in [9.17, 15) is 0 Å². The lowest BCUT2D eigenvalue weighted by Crippen LogP contribution is -2.42. The third-order valence-corrected chi connectivity index (χ3v) is 5.22. The molecule has 0 spiro atoms. The highest BCUT2D eigenvalue weighted by atomic mass is 16.3. The molecule has 2 atom stereocenters. The van der Waals surface area contributed by atoms with Gasteiger partial charge in [0.15, 0.2) is 0 Å². The summed E-state index contributed by atoms with van der Waals surface area (Å²) in [5, 5.41) is 0. The van der Waals surface area contributed by atoms with Crippen molar-refractivity contribution in [1.29, 1.82) is 0 Å². The lowest BCUT2D eigenvalue weighted by Gasteiger charge is -2.40. The first kappa shape index (κ1) is 16.3. The van der Waals surface area contributed by atoms with Crippen molar-refractivity contribution in [3.63, 3.8) is 0 Å². The number of benzene rings is 1. The summed E-state index contributed by atoms with van der Waals surface area (Å²) in [6.45, 7) is 9.41. The van der Waals surface area contributed by atoms with Gasteiger partial charge < -0.3 is 4.42 Å². The molecule has 1 aromatic heterocycles. The van der Waals surface area contributed by atoms with Gasteiger partial charge in [0.1, 0.15) is 5.76 Å². The minimum absolute atomic E-state index is 0.554. The minimum atomic E-state index is 0.554. The predicted octanol–water partition coefficient (Wildman–Crippen LogP) is 5.49. The molecule has 0 bridgehead atoms. The molecule has 2 nitrogen and oxygen atoms in total. The fourth-order valence-electron chi connectivity index (χ4n) is 4.28. The standard InChI is InChI=1S/C21H29NO/c1-4-13-22(14-5-2)19-12-11-17-8-6-9-18(21(17)16(19)3)20-10-7-15-23-20/h6-10,15-16,19H,4-5,11-14H2,1-3H3/t16-,19-/m1/s1. The van der Waals surface area contributed by atoms with Gasteiger partial charge in [-0.1, -0.05) is 39.0 Å². The lowest BCUT2D eigenvalue weighted by atomic mass is 9.76. The normalized spacial score (nSPS) is 20.7. The Hall–Kier alpha value is -1.54. The molecule has 1 aliphatic carbocycles. The fraction of sp³-hybridized carbons (Fsp3) is 0.524. The first-order valence-corrected chi connectivity index (χ1v) is 9.16. The third kappa shape index (κ3) is 3.23. The van der Waals surface area contributed by atoms with Crippen LogP contribution < -0.4 is 0 Å². The molecule has 0 aliphatic heterocycles. The van der Waals surface area contributed by atoms with Crippen molar-refractivity contribution in [2.24, 2.45) is 0 Å². The van der Waals surface area contributed by atoms with Gasteiger partial charge >= 0.3 is 0 Å². The van der Waals surface area contributed by atoms with Crippen LogP contribution in [0.1, 0.15) is 57.1 Å². The van der Waals surface area contributed by atoms with Crippen molar-refractivity contribution >= 4 is 0 Å². The Morgan fingerprint density at radius 2 is 1.87 bits per heavy atom. The highest BCUT2D eigenvalue weighted by molar-refractivity contribution is 5.65. The highest BCUT2D eigenvalue weighted by Crippen LogP contribution is 2.40. The van der Waals surface area contributed by atoms with Crippen molar-refractivity contribution in [1.82, 2.24) is 4.90 Å². The van der Waals surface area contributed by atoms with E-state index in [1.807, 2.05) is 6.07 Å². The second-order valence-electron chi connectivity index (χ2n) is 6.79. The van der Waals surface area contributed by atoms with E-state index in [4.69, 9.17) is 4.42 Å². The molecule has 0 amide bonds. The summed E-state index contributed by atoms with van der Waals surface area (Å²) in [5.74, 6) is 1.56. The largest absolute Gasteiger partial charge is 0.464 e. The molecule has 0 fully saturated rings. The molecule has 0 radical (unpaired) electrons. The van der Waals surface area contributed by atoms with Crippen LogP contribution in [0.4, 0.5) is 0 Å². The van der Waals surface area contributed by atoms with E-state index in [2.05, 4.69) is 49.9 Å². The van der Waals surface area contributed by atoms with Gasteiger partial charge in [-0.2, -0.15) is 0 Å². The van der Waals surface area contributed by atoms with Gasteiger partial charge in [0.25, 0.3) is 0 Å². The van der Waals surface area contributed by atoms with E-state index in [0.29, 0.717) is 12.0 Å². The third-order valence-electron chi connectivity index (χ3n) is 5.22. The van der Waals surface area contributed by atoms with Crippen LogP contribution in [0.3, 0.4) is 0 Å². The summed E-state index contributed by atoms with van der Waals surface area (Å²) in [7, 11) is 0. The molecular formula is C21H29NO. The summed E-state index contributed by atoms with van der Waals surface area (Å²) < 4.78 is 5.71. The van der Waals surface area contributed by atoms with Crippen molar-refractivity contribution in [2.75, 3.05) is 13.1 Å². The van der Waals surface area contributed by atoms with E-state index in [-0.39, 0.29) is 0 Å². The molecule has 3 rings (SSSR count). The number of aryl methyl sites for hydroxylation is 1. The second-order valence-corrected chi connectivity index (χ2v) is 6.79. The van der Waals surface area contributed by atoms with Gasteiger partial charge in [0.05, 0.1) is 6.26 Å². The molecular weight excluding hydrogens is 282 g/mol. The van der Waals surface area contributed by atoms with E-state index in [1.165, 1.54) is 55.5 Å². The van der Waals surface area contributed by atoms with Crippen LogP contribution in [0.2, 0.25) is 0 Å². The molecule has 0 saturated heterocycles. The Balaban J connectivity index is 1.96. The molecule has 2 aromatic rings. The van der Waals surface area contributed by atoms with Crippen LogP contribution >= 0.6 is 0 Å². The Kier molecular flexibility index (Phi) is 5.22. The average molecular weight is 311 g/mol. The SMILES string of the molecule is CCCN(CCC)[C@@H]1CCc2cccc(-c3ccco3)c2[C@@H]1C. The molecule has 2 heteroatoms. The van der Waals surface area contributed by atoms with Crippen LogP contribution in [-0.4, -0.2) is 24.0 Å². The number of furan rings is 1. The zero-order valence-electron chi connectivity index (χ0n) is 14.7. The van der Waals surface area contributed by atoms with Gasteiger partial charge in [0.2, 0.25) is 0 Å². The Bertz CT molecular complexity index is 611. The smallest absolute Gasteiger partial charge is 0.134 e. The van der Waals surface area contributed by atoms with Crippen LogP contribution in [0.25, 0.3) is 11.3 Å². The molecule has 0 N–H and O–H groups in total. The molecule has 0 unspecified atom stereocenters. The van der Waals surface area contributed by atoms with Gasteiger partial charge in [-0.15, -0.1) is 0 Å². The van der Waals surface area contributed by atoms with Crippen LogP contribution in [0.15, 0.2) is 41.0 Å². The molecule has 1 aromatic carbocycles. The number of hydrogen-bond acceptors (Lipinski definition) is 2. The second kappa shape index (κ2) is 7.35. The number of rotatable bonds is 6. The average Bonchev–Trinajstić information content (AvgIpc) is 3.09. The summed E-state index contributed by atoms with van der Waals surface area (Å²) in [6, 6.07) is 11.4. The Morgan fingerprint density at radius 3 is 2.52 bits per heavy atom. The number of nitrogens with zero attached hydrogens (tertiary/aromatic N) is 1. The summed E-state index contributed by atoms with van der Waals surface area (Å²) in [5.41, 5.74) is 4.31. The van der Waals surface area contributed by atoms with Crippen molar-refractivity contribution in [3.05, 3.63) is 47.7 Å². The van der Waals surface area contributed by atoms with Crippen LogP contribution in [0, 0.1) is 0 Å². The Morgan fingerprint density at radius 1 is 1.09 bits per heavy atom. The summed E-state index contributed by atoms with van der Waals surface area (Å²) >= 11 is 0. The van der Waals surface area contributed by atoms with Crippen molar-refractivity contribution in [2.45, 2.75) is 58.4 Å². The maximum Gasteiger partial charge on any atom is 0.134 e. The van der Waals surface area contributed by atoms with E-state index < -0.39 is 0 Å². The highest BCUT2D eigenvalue weighted by Gasteiger charge is 2.32. The minimum Gasteiger partial charge on any atom is -0.464 e. The first-order chi connectivity index (χ1) is 11.3. The fourth-order valence-corrected chi connectivity index (χ4v) is 4.28. The monoisotopic (exact) mass is 311 g/mol. The van der Waals surface area contributed by atoms with E-state index >= 15 is 0 Å². The van der Waals surface area contributed by atoms with Gasteiger partial charge in [-0.05, 0) is 68.0 Å². The van der Waals surface area contributed by atoms with Gasteiger partial charge in [-0.3, -0.25) is 4.90 Å². The molecule has 0 saturated carbocycles. The maximum atomic E-state index is 5.71. The van der Waals surface area contributed by atoms with Crippen molar-refractivity contribution in [3.8, 4) is 11.3 Å². The van der Waals surface area contributed by atoms with Crippen LogP contribution in [-0.2, 0) is 6.42 Å².